The van der Waals surface area contributed by atoms with E-state index in [4.69, 9.17) is 4.42 Å². The van der Waals surface area contributed by atoms with E-state index in [-0.39, 0.29) is 0 Å². The molecule has 1 aromatic heterocycles. The second-order valence-electron chi connectivity index (χ2n) is 3.20. The summed E-state index contributed by atoms with van der Waals surface area (Å²) in [5, 5.41) is 0. The van der Waals surface area contributed by atoms with Crippen molar-refractivity contribution in [2.24, 2.45) is 0 Å². The minimum atomic E-state index is -3.54. The number of hydrogen-bond acceptors (Lipinski definition) is 4. The van der Waals surface area contributed by atoms with Crippen molar-refractivity contribution >= 4 is 27.0 Å². The van der Waals surface area contributed by atoms with E-state index in [1.165, 1.54) is 7.05 Å². The summed E-state index contributed by atoms with van der Waals surface area (Å²) >= 11 is 0. The van der Waals surface area contributed by atoms with Gasteiger partial charge in [0.15, 0.2) is 11.5 Å². The zero-order valence-electron chi connectivity index (χ0n) is 8.81. The molecule has 0 fully saturated rings. The maximum absolute atomic E-state index is 11.3. The molecule has 1 heterocycles. The first-order chi connectivity index (χ1) is 7.52. The van der Waals surface area contributed by atoms with Crippen molar-refractivity contribution in [1.82, 2.24) is 9.71 Å². The molecule has 0 bridgehead atoms. The quantitative estimate of drug-likeness (QED) is 0.840. The zero-order valence-corrected chi connectivity index (χ0v) is 9.63. The number of para-hydroxylation sites is 1. The lowest BCUT2D eigenvalue weighted by Crippen LogP contribution is -2.26. The highest BCUT2D eigenvalue weighted by atomic mass is 32.2. The van der Waals surface area contributed by atoms with Crippen LogP contribution in [0.1, 0.15) is 5.89 Å². The third-order valence-corrected chi connectivity index (χ3v) is 3.06. The Hall–Kier alpha value is -1.60. The van der Waals surface area contributed by atoms with Gasteiger partial charge in [0.1, 0.15) is 5.52 Å². The van der Waals surface area contributed by atoms with Crippen LogP contribution in [0.25, 0.3) is 11.1 Å². The topological polar surface area (TPSA) is 84.2 Å². The van der Waals surface area contributed by atoms with Gasteiger partial charge < -0.3 is 4.42 Å². The van der Waals surface area contributed by atoms with Gasteiger partial charge in [0.05, 0.1) is 5.69 Å². The highest BCUT2D eigenvalue weighted by Gasteiger charge is 2.12. The smallest absolute Gasteiger partial charge is 0.298 e. The summed E-state index contributed by atoms with van der Waals surface area (Å²) < 4.78 is 32.5. The second kappa shape index (κ2) is 3.76. The summed E-state index contributed by atoms with van der Waals surface area (Å²) in [5.74, 6) is 0.492. The summed E-state index contributed by atoms with van der Waals surface area (Å²) in [4.78, 5) is 4.11. The molecule has 2 rings (SSSR count). The Bertz CT molecular complexity index is 618. The lowest BCUT2D eigenvalue weighted by Gasteiger charge is -2.05. The Morgan fingerprint density at radius 3 is 2.81 bits per heavy atom. The van der Waals surface area contributed by atoms with Crippen LogP contribution in [0.2, 0.25) is 0 Å². The molecule has 0 radical (unpaired) electrons. The normalized spacial score (nSPS) is 11.9. The van der Waals surface area contributed by atoms with Crippen LogP contribution in [0.3, 0.4) is 0 Å². The minimum absolute atomic E-state index is 0.368. The van der Waals surface area contributed by atoms with Crippen LogP contribution in [0.5, 0.6) is 0 Å². The Morgan fingerprint density at radius 1 is 1.38 bits per heavy atom. The van der Waals surface area contributed by atoms with Gasteiger partial charge >= 0.3 is 0 Å². The second-order valence-corrected chi connectivity index (χ2v) is 4.82. The molecule has 0 spiro atoms. The fraction of sp³-hybridized carbons (Fsp3) is 0.222. The van der Waals surface area contributed by atoms with Gasteiger partial charge in [-0.15, -0.1) is 0 Å². The van der Waals surface area contributed by atoms with Gasteiger partial charge in [0, 0.05) is 14.0 Å². The summed E-state index contributed by atoms with van der Waals surface area (Å²) in [7, 11) is -2.22. The lowest BCUT2D eigenvalue weighted by atomic mass is 10.3. The van der Waals surface area contributed by atoms with Crippen molar-refractivity contribution in [3.8, 4) is 0 Å². The molecule has 0 aliphatic carbocycles. The first-order valence-electron chi connectivity index (χ1n) is 4.59. The van der Waals surface area contributed by atoms with Gasteiger partial charge in [-0.3, -0.25) is 4.72 Å². The van der Waals surface area contributed by atoms with E-state index < -0.39 is 10.2 Å². The van der Waals surface area contributed by atoms with Crippen molar-refractivity contribution in [1.29, 1.82) is 0 Å². The fourth-order valence-electron chi connectivity index (χ4n) is 1.34. The van der Waals surface area contributed by atoms with E-state index in [1.54, 1.807) is 25.1 Å². The molecular weight excluding hydrogens is 230 g/mol. The van der Waals surface area contributed by atoms with Gasteiger partial charge in [-0.25, -0.2) is 9.71 Å². The number of nitrogens with one attached hydrogen (secondary N) is 2. The zero-order chi connectivity index (χ0) is 11.8. The van der Waals surface area contributed by atoms with Gasteiger partial charge in [-0.1, -0.05) is 6.07 Å². The number of fused-ring (bicyclic) bond motifs is 1. The predicted molar refractivity (Wildman–Crippen MR) is 60.3 cm³/mol. The standard InChI is InChI=1S/C9H11N3O3S/c1-6-11-7-4-3-5-8(9(7)15-6)12-16(13,14)10-2/h3-5,10,12H,1-2H3. The Morgan fingerprint density at radius 2 is 2.12 bits per heavy atom. The number of benzene rings is 1. The molecule has 16 heavy (non-hydrogen) atoms. The van der Waals surface area contributed by atoms with E-state index in [2.05, 4.69) is 14.4 Å². The molecule has 86 valence electrons. The highest BCUT2D eigenvalue weighted by molar-refractivity contribution is 7.90. The van der Waals surface area contributed by atoms with Crippen LogP contribution in [0, 0.1) is 6.92 Å². The molecule has 0 saturated carbocycles. The van der Waals surface area contributed by atoms with E-state index in [0.29, 0.717) is 22.7 Å². The van der Waals surface area contributed by atoms with Gasteiger partial charge in [-0.2, -0.15) is 8.42 Å². The number of nitrogens with zero attached hydrogens (tertiary/aromatic N) is 1. The molecule has 0 aliphatic rings. The van der Waals surface area contributed by atoms with E-state index in [0.717, 1.165) is 0 Å². The molecule has 1 aromatic carbocycles. The van der Waals surface area contributed by atoms with Crippen molar-refractivity contribution < 1.29 is 12.8 Å². The predicted octanol–water partition coefficient (Wildman–Crippen LogP) is 1.01. The molecule has 0 aliphatic heterocycles. The number of aryl methyl sites for hydroxylation is 1. The third-order valence-electron chi connectivity index (χ3n) is 2.03. The fourth-order valence-corrected chi connectivity index (χ4v) is 1.89. The Balaban J connectivity index is 2.52. The van der Waals surface area contributed by atoms with E-state index in [9.17, 15) is 8.42 Å². The largest absolute Gasteiger partial charge is 0.439 e. The molecule has 2 aromatic rings. The van der Waals surface area contributed by atoms with Gasteiger partial charge in [0.25, 0.3) is 10.2 Å². The summed E-state index contributed by atoms with van der Waals surface area (Å²) in [6, 6.07) is 5.07. The lowest BCUT2D eigenvalue weighted by molar-refractivity contribution is 0.561. The average Bonchev–Trinajstić information content (AvgIpc) is 2.59. The minimum Gasteiger partial charge on any atom is -0.439 e. The molecule has 0 atom stereocenters. The summed E-state index contributed by atoms with van der Waals surface area (Å²) in [6.45, 7) is 1.70. The number of rotatable bonds is 3. The molecule has 2 N–H and O–H groups in total. The molecule has 0 saturated heterocycles. The molecule has 0 unspecified atom stereocenters. The van der Waals surface area contributed by atoms with Crippen LogP contribution in [0.4, 0.5) is 5.69 Å². The summed E-state index contributed by atoms with van der Waals surface area (Å²) in [6.07, 6.45) is 0. The van der Waals surface area contributed by atoms with Crippen molar-refractivity contribution in [3.63, 3.8) is 0 Å². The number of anilines is 1. The maximum atomic E-state index is 11.3. The van der Waals surface area contributed by atoms with Crippen molar-refractivity contribution in [3.05, 3.63) is 24.1 Å². The monoisotopic (exact) mass is 241 g/mol. The number of aromatic nitrogens is 1. The van der Waals surface area contributed by atoms with E-state index >= 15 is 0 Å². The van der Waals surface area contributed by atoms with Crippen LogP contribution >= 0.6 is 0 Å². The van der Waals surface area contributed by atoms with Crippen molar-refractivity contribution in [2.75, 3.05) is 11.8 Å². The molecule has 6 nitrogen and oxygen atoms in total. The Labute approximate surface area is 92.9 Å². The van der Waals surface area contributed by atoms with Gasteiger partial charge in [0.2, 0.25) is 0 Å². The van der Waals surface area contributed by atoms with Gasteiger partial charge in [-0.05, 0) is 12.1 Å². The molecular formula is C9H11N3O3S. The van der Waals surface area contributed by atoms with Crippen LogP contribution < -0.4 is 9.44 Å². The molecule has 7 heteroatoms. The Kier molecular flexibility index (Phi) is 2.56. The van der Waals surface area contributed by atoms with Crippen LogP contribution in [0.15, 0.2) is 22.6 Å². The first kappa shape index (κ1) is 10.9. The number of hydrogen-bond donors (Lipinski definition) is 2. The SMILES string of the molecule is CNS(=O)(=O)Nc1cccc2nc(C)oc12. The average molecular weight is 241 g/mol. The first-order valence-corrected chi connectivity index (χ1v) is 6.07. The van der Waals surface area contributed by atoms with Crippen molar-refractivity contribution in [2.45, 2.75) is 6.92 Å². The number of oxazole rings is 1. The highest BCUT2D eigenvalue weighted by Crippen LogP contribution is 2.24. The van der Waals surface area contributed by atoms with Crippen LogP contribution in [-0.2, 0) is 10.2 Å². The third kappa shape index (κ3) is 2.00. The molecule has 0 amide bonds. The van der Waals surface area contributed by atoms with E-state index in [1.807, 2.05) is 0 Å². The van der Waals surface area contributed by atoms with Crippen LogP contribution in [-0.4, -0.2) is 20.4 Å². The summed E-state index contributed by atoms with van der Waals surface area (Å²) in [5.41, 5.74) is 1.42. The maximum Gasteiger partial charge on any atom is 0.298 e.